The lowest BCUT2D eigenvalue weighted by Gasteiger charge is -2.36. The second kappa shape index (κ2) is 9.40. The monoisotopic (exact) mass is 444 g/mol. The van der Waals surface area contributed by atoms with Gasteiger partial charge < -0.3 is 9.32 Å². The molecule has 0 unspecified atom stereocenters. The number of fused-ring (bicyclic) bond motifs is 1. The number of rotatable bonds is 6. The van der Waals surface area contributed by atoms with E-state index in [0.717, 1.165) is 56.6 Å². The van der Waals surface area contributed by atoms with E-state index in [9.17, 15) is 4.79 Å². The van der Waals surface area contributed by atoms with E-state index >= 15 is 0 Å². The summed E-state index contributed by atoms with van der Waals surface area (Å²) in [4.78, 5) is 17.6. The molecule has 0 fully saturated rings. The molecule has 2 aliphatic rings. The minimum Gasteiger partial charge on any atom is -0.467 e. The van der Waals surface area contributed by atoms with Gasteiger partial charge in [0.15, 0.2) is 5.69 Å². The van der Waals surface area contributed by atoms with Crippen LogP contribution >= 0.6 is 0 Å². The number of furan rings is 1. The molecule has 0 spiro atoms. The van der Waals surface area contributed by atoms with Crippen LogP contribution in [0.5, 0.6) is 0 Å². The topological polar surface area (TPSA) is 54.5 Å². The van der Waals surface area contributed by atoms with Gasteiger partial charge in [0, 0.05) is 44.0 Å². The van der Waals surface area contributed by atoms with E-state index in [0.29, 0.717) is 18.3 Å². The van der Waals surface area contributed by atoms with Crippen molar-refractivity contribution in [3.8, 4) is 0 Å². The summed E-state index contributed by atoms with van der Waals surface area (Å²) >= 11 is 0. The molecule has 6 nitrogen and oxygen atoms in total. The molecule has 1 aliphatic carbocycles. The number of amides is 1. The Kier molecular flexibility index (Phi) is 6.18. The maximum absolute atomic E-state index is 13.3. The van der Waals surface area contributed by atoms with Crippen molar-refractivity contribution in [2.45, 2.75) is 51.7 Å². The summed E-state index contributed by atoms with van der Waals surface area (Å²) in [5.41, 5.74) is 5.77. The summed E-state index contributed by atoms with van der Waals surface area (Å²) in [5.74, 6) is 0.752. The van der Waals surface area contributed by atoms with Crippen LogP contribution in [0.2, 0.25) is 0 Å². The number of hydrogen-bond donors (Lipinski definition) is 0. The lowest BCUT2D eigenvalue weighted by atomic mass is 9.88. The molecule has 1 atom stereocenters. The zero-order valence-corrected chi connectivity index (χ0v) is 19.5. The van der Waals surface area contributed by atoms with Crippen molar-refractivity contribution in [2.24, 2.45) is 0 Å². The first-order chi connectivity index (χ1) is 16.1. The minimum absolute atomic E-state index is 0.0274. The molecular weight excluding hydrogens is 412 g/mol. The lowest BCUT2D eigenvalue weighted by molar-refractivity contribution is 0.0767. The molecule has 1 amide bonds. The normalized spacial score (nSPS) is 18.6. The van der Waals surface area contributed by atoms with Crippen LogP contribution in [-0.4, -0.2) is 51.7 Å². The largest absolute Gasteiger partial charge is 0.467 e. The SMILES string of the molecule is CCn1nc(C(=O)N(C)Cc2ccco2)c2c1CC[C@@H](N1CC=C(c3ccccc3)CC1)C2. The van der Waals surface area contributed by atoms with Crippen molar-refractivity contribution >= 4 is 11.5 Å². The highest BCUT2D eigenvalue weighted by Crippen LogP contribution is 2.31. The molecule has 0 radical (unpaired) electrons. The van der Waals surface area contributed by atoms with E-state index in [1.807, 2.05) is 23.9 Å². The summed E-state index contributed by atoms with van der Waals surface area (Å²) in [5, 5.41) is 4.76. The fraction of sp³-hybridized carbons (Fsp3) is 0.407. The Labute approximate surface area is 195 Å². The maximum atomic E-state index is 13.3. The average Bonchev–Trinajstić information content (AvgIpc) is 3.51. The van der Waals surface area contributed by atoms with Gasteiger partial charge in [0.1, 0.15) is 5.76 Å². The van der Waals surface area contributed by atoms with Crippen LogP contribution in [0.1, 0.15) is 52.8 Å². The van der Waals surface area contributed by atoms with Crippen LogP contribution in [0.25, 0.3) is 5.57 Å². The third kappa shape index (κ3) is 4.40. The number of nitrogens with zero attached hydrogens (tertiary/aromatic N) is 4. The van der Waals surface area contributed by atoms with Gasteiger partial charge in [0.05, 0.1) is 12.8 Å². The maximum Gasteiger partial charge on any atom is 0.274 e. The van der Waals surface area contributed by atoms with E-state index in [-0.39, 0.29) is 5.91 Å². The zero-order valence-electron chi connectivity index (χ0n) is 19.5. The number of hydrogen-bond acceptors (Lipinski definition) is 4. The second-order valence-corrected chi connectivity index (χ2v) is 9.07. The van der Waals surface area contributed by atoms with E-state index in [4.69, 9.17) is 9.52 Å². The molecule has 5 rings (SSSR count). The van der Waals surface area contributed by atoms with Crippen molar-refractivity contribution < 1.29 is 9.21 Å². The van der Waals surface area contributed by atoms with Crippen LogP contribution in [-0.2, 0) is 25.9 Å². The van der Waals surface area contributed by atoms with E-state index in [1.165, 1.54) is 16.8 Å². The predicted molar refractivity (Wildman–Crippen MR) is 129 cm³/mol. The molecule has 1 aliphatic heterocycles. The third-order valence-corrected chi connectivity index (χ3v) is 7.04. The first-order valence-corrected chi connectivity index (χ1v) is 12.0. The number of carbonyl (C=O) groups is 1. The van der Waals surface area contributed by atoms with Gasteiger partial charge in [-0.05, 0) is 55.9 Å². The van der Waals surface area contributed by atoms with Gasteiger partial charge in [0.2, 0.25) is 0 Å². The lowest BCUT2D eigenvalue weighted by Crippen LogP contribution is -2.42. The summed E-state index contributed by atoms with van der Waals surface area (Å²) in [6.07, 6.45) is 8.07. The molecular formula is C27H32N4O2. The van der Waals surface area contributed by atoms with Crippen LogP contribution < -0.4 is 0 Å². The van der Waals surface area contributed by atoms with E-state index < -0.39 is 0 Å². The first kappa shape index (κ1) is 21.7. The Bertz CT molecular complexity index is 1130. The number of benzene rings is 1. The molecule has 2 aromatic heterocycles. The fourth-order valence-electron chi connectivity index (χ4n) is 5.23. The van der Waals surface area contributed by atoms with E-state index in [2.05, 4.69) is 48.2 Å². The highest BCUT2D eigenvalue weighted by atomic mass is 16.3. The number of aryl methyl sites for hydroxylation is 1. The van der Waals surface area contributed by atoms with Gasteiger partial charge in [-0.25, -0.2) is 0 Å². The Morgan fingerprint density at radius 1 is 1.18 bits per heavy atom. The summed E-state index contributed by atoms with van der Waals surface area (Å²) in [6, 6.07) is 14.9. The quantitative estimate of drug-likeness (QED) is 0.565. The van der Waals surface area contributed by atoms with Crippen LogP contribution in [0.3, 0.4) is 0 Å². The summed E-state index contributed by atoms with van der Waals surface area (Å²) in [6.45, 7) is 5.36. The second-order valence-electron chi connectivity index (χ2n) is 9.07. The Morgan fingerprint density at radius 3 is 2.73 bits per heavy atom. The zero-order chi connectivity index (χ0) is 22.8. The highest BCUT2D eigenvalue weighted by molar-refractivity contribution is 5.94. The van der Waals surface area contributed by atoms with Crippen molar-refractivity contribution in [1.82, 2.24) is 19.6 Å². The average molecular weight is 445 g/mol. The van der Waals surface area contributed by atoms with Gasteiger partial charge >= 0.3 is 0 Å². The molecule has 172 valence electrons. The van der Waals surface area contributed by atoms with Gasteiger partial charge in [-0.15, -0.1) is 0 Å². The third-order valence-electron chi connectivity index (χ3n) is 7.04. The van der Waals surface area contributed by atoms with Gasteiger partial charge in [-0.3, -0.25) is 14.4 Å². The molecule has 0 saturated carbocycles. The fourth-order valence-corrected chi connectivity index (χ4v) is 5.23. The Morgan fingerprint density at radius 2 is 2.03 bits per heavy atom. The Hall–Kier alpha value is -3.12. The van der Waals surface area contributed by atoms with Crippen molar-refractivity contribution in [2.75, 3.05) is 20.1 Å². The van der Waals surface area contributed by atoms with Gasteiger partial charge in [0.25, 0.3) is 5.91 Å². The molecule has 0 N–H and O–H groups in total. The van der Waals surface area contributed by atoms with Crippen LogP contribution in [0.4, 0.5) is 0 Å². The Balaban J connectivity index is 1.33. The number of aromatic nitrogens is 2. The minimum atomic E-state index is -0.0274. The van der Waals surface area contributed by atoms with E-state index in [1.54, 1.807) is 11.2 Å². The van der Waals surface area contributed by atoms with Crippen LogP contribution in [0, 0.1) is 0 Å². The van der Waals surface area contributed by atoms with Gasteiger partial charge in [-0.1, -0.05) is 36.4 Å². The highest BCUT2D eigenvalue weighted by Gasteiger charge is 2.33. The van der Waals surface area contributed by atoms with Crippen LogP contribution in [0.15, 0.2) is 59.2 Å². The molecule has 3 heterocycles. The van der Waals surface area contributed by atoms with Crippen molar-refractivity contribution in [3.05, 3.63) is 83.1 Å². The molecule has 3 aromatic rings. The first-order valence-electron chi connectivity index (χ1n) is 12.0. The van der Waals surface area contributed by atoms with Gasteiger partial charge in [-0.2, -0.15) is 5.10 Å². The molecule has 0 bridgehead atoms. The smallest absolute Gasteiger partial charge is 0.274 e. The molecule has 1 aromatic carbocycles. The molecule has 6 heteroatoms. The summed E-state index contributed by atoms with van der Waals surface area (Å²) < 4.78 is 7.47. The predicted octanol–water partition coefficient (Wildman–Crippen LogP) is 4.41. The standard InChI is InChI=1S/C27H32N4O2/c1-3-31-25-12-11-22(30-15-13-21(14-16-30)20-8-5-4-6-9-20)18-24(25)26(28-31)27(32)29(2)19-23-10-7-17-33-23/h4-10,13,17,22H,3,11-12,14-16,18-19H2,1-2H3/t22-/m1/s1. The molecule has 33 heavy (non-hydrogen) atoms. The van der Waals surface area contributed by atoms with Crippen molar-refractivity contribution in [3.63, 3.8) is 0 Å². The summed E-state index contributed by atoms with van der Waals surface area (Å²) in [7, 11) is 1.82. The number of carbonyl (C=O) groups excluding carboxylic acids is 1. The van der Waals surface area contributed by atoms with Crippen molar-refractivity contribution in [1.29, 1.82) is 0 Å². The molecule has 0 saturated heterocycles.